The predicted octanol–water partition coefficient (Wildman–Crippen LogP) is 0.867. The van der Waals surface area contributed by atoms with Crippen LogP contribution in [-0.2, 0) is 0 Å². The summed E-state index contributed by atoms with van der Waals surface area (Å²) in [6, 6.07) is 9.49. The lowest BCUT2D eigenvalue weighted by Gasteiger charge is -2.04. The Morgan fingerprint density at radius 1 is 1.36 bits per heavy atom. The quantitative estimate of drug-likeness (QED) is 0.412. The van der Waals surface area contributed by atoms with Gasteiger partial charge in [-0.2, -0.15) is 0 Å². The summed E-state index contributed by atoms with van der Waals surface area (Å²) in [4.78, 5) is 4.20. The van der Waals surface area contributed by atoms with Crippen LogP contribution < -0.4 is 5.32 Å². The zero-order valence-electron chi connectivity index (χ0n) is 7.64. The Balaban J connectivity index is 2.31. The molecular weight excluding hydrogens is 178 g/mol. The number of hydrogen-bond acceptors (Lipinski definition) is 4. The molecule has 0 unspecified atom stereocenters. The maximum atomic E-state index is 8.91. The normalized spacial score (nSPS) is 16.3. The van der Waals surface area contributed by atoms with Gasteiger partial charge in [-0.15, -0.1) is 0 Å². The van der Waals surface area contributed by atoms with Crippen LogP contribution in [0.4, 0.5) is 0 Å². The molecule has 4 heteroatoms. The summed E-state index contributed by atoms with van der Waals surface area (Å²) >= 11 is 0. The van der Waals surface area contributed by atoms with Gasteiger partial charge >= 0.3 is 0 Å². The van der Waals surface area contributed by atoms with Crippen molar-refractivity contribution in [2.24, 2.45) is 10.1 Å². The van der Waals surface area contributed by atoms with E-state index in [-0.39, 0.29) is 0 Å². The second kappa shape index (κ2) is 3.91. The molecule has 1 aromatic carbocycles. The molecule has 1 aliphatic rings. The highest BCUT2D eigenvalue weighted by molar-refractivity contribution is 6.47. The standard InChI is InChI=1S/C10H11N3O/c14-13-9(10-11-6-7-12-10)8-4-2-1-3-5-8/h1-5,14H,6-7H2,(H,11,12)/b13-9-. The van der Waals surface area contributed by atoms with Crippen molar-refractivity contribution in [3.05, 3.63) is 35.9 Å². The molecule has 1 aliphatic heterocycles. The van der Waals surface area contributed by atoms with Gasteiger partial charge < -0.3 is 10.5 Å². The number of oxime groups is 1. The zero-order valence-corrected chi connectivity index (χ0v) is 7.64. The SMILES string of the molecule is O/N=C(\C1=NCCN1)c1ccccc1. The number of benzene rings is 1. The van der Waals surface area contributed by atoms with Crippen molar-refractivity contribution in [3.8, 4) is 0 Å². The van der Waals surface area contributed by atoms with Gasteiger partial charge in [0.25, 0.3) is 0 Å². The number of amidine groups is 1. The molecule has 0 spiro atoms. The molecule has 1 heterocycles. The van der Waals surface area contributed by atoms with Crippen LogP contribution in [0.1, 0.15) is 5.56 Å². The minimum absolute atomic E-state index is 0.503. The Bertz CT molecular complexity index is 370. The fraction of sp³-hybridized carbons (Fsp3) is 0.200. The zero-order chi connectivity index (χ0) is 9.80. The van der Waals surface area contributed by atoms with Crippen molar-refractivity contribution in [1.29, 1.82) is 0 Å². The molecule has 4 nitrogen and oxygen atoms in total. The van der Waals surface area contributed by atoms with E-state index in [0.29, 0.717) is 11.5 Å². The Kier molecular flexibility index (Phi) is 2.44. The molecule has 1 aromatic rings. The monoisotopic (exact) mass is 189 g/mol. The maximum Gasteiger partial charge on any atom is 0.151 e. The van der Waals surface area contributed by atoms with Crippen LogP contribution in [0.15, 0.2) is 40.5 Å². The fourth-order valence-electron chi connectivity index (χ4n) is 1.39. The first-order valence-corrected chi connectivity index (χ1v) is 4.48. The molecule has 0 bridgehead atoms. The molecule has 0 atom stereocenters. The summed E-state index contributed by atoms with van der Waals surface area (Å²) < 4.78 is 0. The average Bonchev–Trinajstić information content (AvgIpc) is 2.74. The molecule has 0 saturated heterocycles. The average molecular weight is 189 g/mol. The van der Waals surface area contributed by atoms with Gasteiger partial charge in [0.05, 0.1) is 6.54 Å². The Morgan fingerprint density at radius 2 is 2.14 bits per heavy atom. The first kappa shape index (κ1) is 8.74. The van der Waals surface area contributed by atoms with Gasteiger partial charge in [-0.25, -0.2) is 0 Å². The molecule has 0 radical (unpaired) electrons. The van der Waals surface area contributed by atoms with Crippen LogP contribution in [0, 0.1) is 0 Å². The van der Waals surface area contributed by atoms with Crippen LogP contribution in [0.5, 0.6) is 0 Å². The number of aliphatic imine (C=N–C) groups is 1. The van der Waals surface area contributed by atoms with Crippen LogP contribution in [0.2, 0.25) is 0 Å². The van der Waals surface area contributed by atoms with Gasteiger partial charge in [0.15, 0.2) is 11.5 Å². The van der Waals surface area contributed by atoms with E-state index in [1.165, 1.54) is 0 Å². The lowest BCUT2D eigenvalue weighted by Crippen LogP contribution is -2.28. The second-order valence-corrected chi connectivity index (χ2v) is 2.97. The summed E-state index contributed by atoms with van der Waals surface area (Å²) in [5.41, 5.74) is 1.37. The summed E-state index contributed by atoms with van der Waals surface area (Å²) in [6.45, 7) is 1.54. The third-order valence-corrected chi connectivity index (χ3v) is 2.05. The fourth-order valence-corrected chi connectivity index (χ4v) is 1.39. The number of rotatable bonds is 2. The minimum atomic E-state index is 0.503. The summed E-state index contributed by atoms with van der Waals surface area (Å²) in [6.07, 6.45) is 0. The van der Waals surface area contributed by atoms with Gasteiger partial charge in [0.2, 0.25) is 0 Å². The first-order valence-electron chi connectivity index (χ1n) is 4.48. The second-order valence-electron chi connectivity index (χ2n) is 2.97. The topological polar surface area (TPSA) is 57.0 Å². The molecule has 0 aromatic heterocycles. The van der Waals surface area contributed by atoms with Gasteiger partial charge in [-0.1, -0.05) is 35.5 Å². The van der Waals surface area contributed by atoms with Crippen molar-refractivity contribution < 1.29 is 5.21 Å². The van der Waals surface area contributed by atoms with Gasteiger partial charge in [-0.3, -0.25) is 4.99 Å². The predicted molar refractivity (Wildman–Crippen MR) is 55.1 cm³/mol. The van der Waals surface area contributed by atoms with E-state index in [2.05, 4.69) is 15.5 Å². The van der Waals surface area contributed by atoms with Crippen molar-refractivity contribution in [3.63, 3.8) is 0 Å². The highest BCUT2D eigenvalue weighted by Crippen LogP contribution is 2.03. The lowest BCUT2D eigenvalue weighted by molar-refractivity contribution is 0.320. The highest BCUT2D eigenvalue weighted by Gasteiger charge is 2.14. The largest absolute Gasteiger partial charge is 0.410 e. The molecule has 2 rings (SSSR count). The number of nitrogens with zero attached hydrogens (tertiary/aromatic N) is 2. The lowest BCUT2D eigenvalue weighted by atomic mass is 10.1. The van der Waals surface area contributed by atoms with Crippen molar-refractivity contribution >= 4 is 11.5 Å². The third kappa shape index (κ3) is 1.59. The molecule has 72 valence electrons. The molecule has 0 fully saturated rings. The minimum Gasteiger partial charge on any atom is -0.410 e. The Hall–Kier alpha value is -1.84. The van der Waals surface area contributed by atoms with Crippen molar-refractivity contribution in [1.82, 2.24) is 5.32 Å². The van der Waals surface area contributed by atoms with Crippen LogP contribution in [0.25, 0.3) is 0 Å². The van der Waals surface area contributed by atoms with Gasteiger partial charge in [0.1, 0.15) is 0 Å². The highest BCUT2D eigenvalue weighted by atomic mass is 16.4. The van der Waals surface area contributed by atoms with Crippen LogP contribution >= 0.6 is 0 Å². The molecule has 0 aliphatic carbocycles. The van der Waals surface area contributed by atoms with E-state index in [4.69, 9.17) is 5.21 Å². The first-order chi connectivity index (χ1) is 6.92. The van der Waals surface area contributed by atoms with Crippen LogP contribution in [0.3, 0.4) is 0 Å². The Morgan fingerprint density at radius 3 is 2.71 bits per heavy atom. The van der Waals surface area contributed by atoms with E-state index < -0.39 is 0 Å². The molecule has 0 saturated carbocycles. The number of nitrogens with one attached hydrogen (secondary N) is 1. The third-order valence-electron chi connectivity index (χ3n) is 2.05. The molecular formula is C10H11N3O. The molecule has 2 N–H and O–H groups in total. The van der Waals surface area contributed by atoms with E-state index in [1.807, 2.05) is 30.3 Å². The summed E-state index contributed by atoms with van der Waals surface area (Å²) in [5, 5.41) is 15.2. The van der Waals surface area contributed by atoms with Gasteiger partial charge in [-0.05, 0) is 0 Å². The number of hydrogen-bond donors (Lipinski definition) is 2. The Labute approximate surface area is 82.0 Å². The molecule has 14 heavy (non-hydrogen) atoms. The van der Waals surface area contributed by atoms with Crippen molar-refractivity contribution in [2.75, 3.05) is 13.1 Å². The molecule has 0 amide bonds. The van der Waals surface area contributed by atoms with E-state index in [1.54, 1.807) is 0 Å². The van der Waals surface area contributed by atoms with E-state index in [0.717, 1.165) is 18.7 Å². The van der Waals surface area contributed by atoms with E-state index in [9.17, 15) is 0 Å². The maximum absolute atomic E-state index is 8.91. The van der Waals surface area contributed by atoms with Crippen LogP contribution in [-0.4, -0.2) is 29.8 Å². The summed E-state index contributed by atoms with van der Waals surface area (Å²) in [5.74, 6) is 0.665. The van der Waals surface area contributed by atoms with Gasteiger partial charge in [0, 0.05) is 12.1 Å². The van der Waals surface area contributed by atoms with E-state index >= 15 is 0 Å². The summed E-state index contributed by atoms with van der Waals surface area (Å²) in [7, 11) is 0. The smallest absolute Gasteiger partial charge is 0.151 e. The van der Waals surface area contributed by atoms with Crippen molar-refractivity contribution in [2.45, 2.75) is 0 Å².